The van der Waals surface area contributed by atoms with Crippen molar-refractivity contribution in [2.24, 2.45) is 28.7 Å². The molecule has 3 aliphatic carbocycles. The monoisotopic (exact) mass is 590 g/mol. The number of β-lactam (4-membered cyclic amide) rings is 1. The van der Waals surface area contributed by atoms with Gasteiger partial charge >= 0.3 is 18.2 Å². The summed E-state index contributed by atoms with van der Waals surface area (Å²) >= 11 is 0. The predicted molar refractivity (Wildman–Crippen MR) is 157 cm³/mol. The number of amides is 3. The van der Waals surface area contributed by atoms with Crippen molar-refractivity contribution in [3.63, 3.8) is 0 Å². The quantitative estimate of drug-likeness (QED) is 0.0769. The molecule has 3 saturated carbocycles. The van der Waals surface area contributed by atoms with Gasteiger partial charge < -0.3 is 19.5 Å². The molecule has 0 aromatic carbocycles. The third-order valence-electron chi connectivity index (χ3n) is 9.21. The Labute approximate surface area is 249 Å². The number of hydrogen-bond donors (Lipinski definition) is 3. The predicted octanol–water partition coefficient (Wildman–Crippen LogP) is 4.97. The highest BCUT2D eigenvalue weighted by atomic mass is 16.6. The second-order valence-corrected chi connectivity index (χ2v) is 12.6. The summed E-state index contributed by atoms with van der Waals surface area (Å²) in [6.07, 6.45) is 16.5. The van der Waals surface area contributed by atoms with E-state index >= 15 is 0 Å². The molecular formula is C31H50N4O7. The third-order valence-corrected chi connectivity index (χ3v) is 9.21. The summed E-state index contributed by atoms with van der Waals surface area (Å²) in [4.78, 5) is 54.1. The van der Waals surface area contributed by atoms with Crippen molar-refractivity contribution in [2.45, 2.75) is 115 Å². The van der Waals surface area contributed by atoms with Crippen LogP contribution in [0.25, 0.3) is 0 Å². The fraction of sp³-hybridized carbons (Fsp3) is 0.839. The van der Waals surface area contributed by atoms with Crippen molar-refractivity contribution in [3.05, 3.63) is 0 Å². The molecule has 1 saturated heterocycles. The standard InChI is InChI=1S/C31H50N4O7/c36-27-25(26(33-27)28(37)40-19-22-11-4-1-5-12-22)17-10-18-32-29(34-30(38)41-20-23-13-6-2-7-14-23)35-31(39)42-21-24-15-8-3-9-16-24/h22-26H,1-21H2,(H,33,36)(H2,32,34,35,38,39)/t25-,26?/m1/s1. The minimum Gasteiger partial charge on any atom is -0.464 e. The molecule has 1 aliphatic heterocycles. The highest BCUT2D eigenvalue weighted by molar-refractivity contribution is 6.01. The molecule has 4 aliphatic rings. The third kappa shape index (κ3) is 10.8. The van der Waals surface area contributed by atoms with Gasteiger partial charge in [0, 0.05) is 6.54 Å². The molecule has 11 heteroatoms. The molecule has 11 nitrogen and oxygen atoms in total. The zero-order chi connectivity index (χ0) is 29.6. The second kappa shape index (κ2) is 17.3. The van der Waals surface area contributed by atoms with Gasteiger partial charge in [0.1, 0.15) is 6.04 Å². The van der Waals surface area contributed by atoms with E-state index in [2.05, 4.69) is 20.9 Å². The van der Waals surface area contributed by atoms with Gasteiger partial charge in [-0.3, -0.25) is 20.4 Å². The van der Waals surface area contributed by atoms with Crippen LogP contribution in [0, 0.1) is 23.7 Å². The molecule has 0 bridgehead atoms. The van der Waals surface area contributed by atoms with E-state index in [1.54, 1.807) is 0 Å². The Kier molecular flexibility index (Phi) is 13.2. The summed E-state index contributed by atoms with van der Waals surface area (Å²) in [5.41, 5.74) is 0. The van der Waals surface area contributed by atoms with E-state index in [4.69, 9.17) is 14.2 Å². The lowest BCUT2D eigenvalue weighted by molar-refractivity contribution is -0.159. The van der Waals surface area contributed by atoms with E-state index in [9.17, 15) is 19.2 Å². The molecule has 1 unspecified atom stereocenters. The molecule has 3 amide bonds. The van der Waals surface area contributed by atoms with Gasteiger partial charge in [0.15, 0.2) is 0 Å². The molecule has 2 atom stereocenters. The van der Waals surface area contributed by atoms with E-state index in [1.807, 2.05) is 0 Å². The Morgan fingerprint density at radius 3 is 1.60 bits per heavy atom. The van der Waals surface area contributed by atoms with Crippen LogP contribution in [0.5, 0.6) is 0 Å². The number of carbonyl (C=O) groups is 4. The van der Waals surface area contributed by atoms with Crippen LogP contribution in [0.3, 0.4) is 0 Å². The number of ether oxygens (including phenoxy) is 3. The van der Waals surface area contributed by atoms with Crippen LogP contribution in [0.1, 0.15) is 109 Å². The molecule has 236 valence electrons. The molecule has 4 fully saturated rings. The molecule has 0 aromatic heterocycles. The average Bonchev–Trinajstić information content (AvgIpc) is 3.01. The van der Waals surface area contributed by atoms with Gasteiger partial charge in [-0.1, -0.05) is 57.8 Å². The lowest BCUT2D eigenvalue weighted by Gasteiger charge is -2.35. The molecule has 3 N–H and O–H groups in total. The average molecular weight is 591 g/mol. The summed E-state index contributed by atoms with van der Waals surface area (Å²) in [6.45, 7) is 1.31. The summed E-state index contributed by atoms with van der Waals surface area (Å²) in [6, 6.07) is -0.634. The fourth-order valence-corrected chi connectivity index (χ4v) is 6.55. The van der Waals surface area contributed by atoms with Gasteiger partial charge in [-0.2, -0.15) is 0 Å². The Hall–Kier alpha value is -2.85. The maximum absolute atomic E-state index is 12.6. The maximum Gasteiger partial charge on any atom is 0.413 e. The van der Waals surface area contributed by atoms with Crippen LogP contribution in [-0.2, 0) is 23.8 Å². The molecule has 4 rings (SSSR count). The zero-order valence-corrected chi connectivity index (χ0v) is 25.0. The highest BCUT2D eigenvalue weighted by Gasteiger charge is 2.44. The number of rotatable bonds is 11. The van der Waals surface area contributed by atoms with Crippen LogP contribution in [0.4, 0.5) is 9.59 Å². The maximum atomic E-state index is 12.6. The molecular weight excluding hydrogens is 540 g/mol. The smallest absolute Gasteiger partial charge is 0.413 e. The number of alkyl carbamates (subject to hydrolysis) is 2. The van der Waals surface area contributed by atoms with Crippen molar-refractivity contribution in [2.75, 3.05) is 26.4 Å². The number of esters is 1. The van der Waals surface area contributed by atoms with Crippen LogP contribution in [-0.4, -0.2) is 62.4 Å². The minimum absolute atomic E-state index is 0.0428. The number of nitrogens with one attached hydrogen (secondary N) is 3. The Morgan fingerprint density at radius 2 is 1.14 bits per heavy atom. The van der Waals surface area contributed by atoms with Crippen molar-refractivity contribution in [3.8, 4) is 0 Å². The minimum atomic E-state index is -0.675. The van der Waals surface area contributed by atoms with Gasteiger partial charge in [-0.25, -0.2) is 14.4 Å². The van der Waals surface area contributed by atoms with E-state index in [-0.39, 0.29) is 24.4 Å². The van der Waals surface area contributed by atoms with E-state index in [0.29, 0.717) is 50.4 Å². The number of aliphatic imine (C=N–C) groups is 1. The molecule has 1 heterocycles. The van der Waals surface area contributed by atoms with Crippen molar-refractivity contribution in [1.82, 2.24) is 16.0 Å². The number of carbonyl (C=O) groups excluding carboxylic acids is 4. The van der Waals surface area contributed by atoms with Gasteiger partial charge in [0.05, 0.1) is 25.7 Å². The van der Waals surface area contributed by atoms with E-state index < -0.39 is 24.1 Å². The van der Waals surface area contributed by atoms with Gasteiger partial charge in [-0.15, -0.1) is 0 Å². The first-order chi connectivity index (χ1) is 20.5. The van der Waals surface area contributed by atoms with E-state index in [0.717, 1.165) is 64.2 Å². The van der Waals surface area contributed by atoms with Crippen LogP contribution >= 0.6 is 0 Å². The number of nitrogens with zero attached hydrogens (tertiary/aromatic N) is 1. The summed E-state index contributed by atoms with van der Waals surface area (Å²) < 4.78 is 16.4. The van der Waals surface area contributed by atoms with Crippen molar-refractivity contribution >= 4 is 30.0 Å². The van der Waals surface area contributed by atoms with E-state index in [1.165, 1.54) is 32.1 Å². The highest BCUT2D eigenvalue weighted by Crippen LogP contribution is 2.27. The first-order valence-corrected chi connectivity index (χ1v) is 16.4. The first kappa shape index (κ1) is 32.1. The zero-order valence-electron chi connectivity index (χ0n) is 25.0. The van der Waals surface area contributed by atoms with Crippen LogP contribution < -0.4 is 16.0 Å². The Balaban J connectivity index is 1.22. The molecule has 0 aromatic rings. The fourth-order valence-electron chi connectivity index (χ4n) is 6.55. The molecule has 42 heavy (non-hydrogen) atoms. The normalized spacial score (nSPS) is 23.6. The summed E-state index contributed by atoms with van der Waals surface area (Å²) in [7, 11) is 0. The topological polar surface area (TPSA) is 144 Å². The van der Waals surface area contributed by atoms with Gasteiger partial charge in [-0.05, 0) is 69.1 Å². The first-order valence-electron chi connectivity index (χ1n) is 16.4. The number of hydrogen-bond acceptors (Lipinski definition) is 8. The second-order valence-electron chi connectivity index (χ2n) is 12.6. The SMILES string of the molecule is O=C(NC(=NCCC[C@H]1C(=O)NC1C(=O)OCC1CCCCC1)NC(=O)OCC1CCCCC1)OCC1CCCCC1. The molecule has 0 spiro atoms. The van der Waals surface area contributed by atoms with Crippen molar-refractivity contribution < 1.29 is 33.4 Å². The summed E-state index contributed by atoms with van der Waals surface area (Å²) in [5.74, 6) is 0.0618. The van der Waals surface area contributed by atoms with Crippen LogP contribution in [0.2, 0.25) is 0 Å². The Morgan fingerprint density at radius 1 is 0.690 bits per heavy atom. The van der Waals surface area contributed by atoms with Gasteiger partial charge in [0.2, 0.25) is 11.9 Å². The number of guanidine groups is 1. The lowest BCUT2D eigenvalue weighted by Crippen LogP contribution is -2.62. The summed E-state index contributed by atoms with van der Waals surface area (Å²) in [5, 5.41) is 7.77. The van der Waals surface area contributed by atoms with Gasteiger partial charge in [0.25, 0.3) is 0 Å². The Bertz CT molecular complexity index is 886. The lowest BCUT2D eigenvalue weighted by atomic mass is 9.86. The molecule has 0 radical (unpaired) electrons. The van der Waals surface area contributed by atoms with Crippen molar-refractivity contribution in [1.29, 1.82) is 0 Å². The largest absolute Gasteiger partial charge is 0.464 e. The van der Waals surface area contributed by atoms with Crippen LogP contribution in [0.15, 0.2) is 4.99 Å².